The summed E-state index contributed by atoms with van der Waals surface area (Å²) in [5.74, 6) is 0. The average Bonchev–Trinajstić information content (AvgIpc) is 2.55. The van der Waals surface area contributed by atoms with Gasteiger partial charge in [0.2, 0.25) is 0 Å². The first kappa shape index (κ1) is 22.1. The molecule has 0 radical (unpaired) electrons. The topological polar surface area (TPSA) is 15.3 Å². The molecule has 0 saturated carbocycles. The predicted molar refractivity (Wildman–Crippen MR) is 106 cm³/mol. The van der Waals surface area contributed by atoms with Crippen LogP contribution in [0.4, 0.5) is 0 Å². The standard InChI is InChI=1S/C19H34N2.C2H6/c1-7-11-16(9-3)13-17-15-20-19(5,6)14-18(17)21(10-4)12-8-2;1-2/h7,9,11,13,18,20H,8,10,12,14-15H2,1-6H3;1-2H3/b11-7-,16-9+,17-13+;. The minimum Gasteiger partial charge on any atom is -0.308 e. The molecule has 0 aromatic carbocycles. The summed E-state index contributed by atoms with van der Waals surface area (Å²) >= 11 is 0. The molecule has 2 nitrogen and oxygen atoms in total. The maximum Gasteiger partial charge on any atom is 0.0340 e. The zero-order valence-corrected chi connectivity index (χ0v) is 16.9. The van der Waals surface area contributed by atoms with Gasteiger partial charge in [-0.1, -0.05) is 52.0 Å². The molecule has 23 heavy (non-hydrogen) atoms. The van der Waals surface area contributed by atoms with Crippen molar-refractivity contribution < 1.29 is 0 Å². The predicted octanol–water partition coefficient (Wildman–Crippen LogP) is 5.33. The fourth-order valence-corrected chi connectivity index (χ4v) is 3.11. The monoisotopic (exact) mass is 320 g/mol. The van der Waals surface area contributed by atoms with Gasteiger partial charge in [-0.2, -0.15) is 0 Å². The Balaban J connectivity index is 0.00000232. The van der Waals surface area contributed by atoms with Crippen molar-refractivity contribution in [3.63, 3.8) is 0 Å². The van der Waals surface area contributed by atoms with Crippen LogP contribution in [0.2, 0.25) is 0 Å². The Kier molecular flexibility index (Phi) is 11.2. The van der Waals surface area contributed by atoms with E-state index in [1.807, 2.05) is 13.8 Å². The summed E-state index contributed by atoms with van der Waals surface area (Å²) in [5.41, 5.74) is 3.06. The normalized spacial score (nSPS) is 23.3. The Bertz CT molecular complexity index is 402. The van der Waals surface area contributed by atoms with Gasteiger partial charge in [0.15, 0.2) is 0 Å². The van der Waals surface area contributed by atoms with Crippen molar-refractivity contribution >= 4 is 0 Å². The molecule has 1 heterocycles. The van der Waals surface area contributed by atoms with Crippen molar-refractivity contribution in [1.29, 1.82) is 0 Å². The van der Waals surface area contributed by atoms with Gasteiger partial charge < -0.3 is 5.32 Å². The van der Waals surface area contributed by atoms with E-state index in [0.717, 1.165) is 13.1 Å². The second kappa shape index (κ2) is 11.6. The molecule has 0 spiro atoms. The van der Waals surface area contributed by atoms with Crippen LogP contribution in [0.1, 0.15) is 68.2 Å². The summed E-state index contributed by atoms with van der Waals surface area (Å²) < 4.78 is 0. The Morgan fingerprint density at radius 2 is 1.91 bits per heavy atom. The van der Waals surface area contributed by atoms with Gasteiger partial charge in [0.05, 0.1) is 0 Å². The van der Waals surface area contributed by atoms with Crippen LogP contribution < -0.4 is 5.32 Å². The van der Waals surface area contributed by atoms with Gasteiger partial charge in [-0.3, -0.25) is 4.90 Å². The number of likely N-dealkylation sites (N-methyl/N-ethyl adjacent to an activating group) is 1. The highest BCUT2D eigenvalue weighted by Gasteiger charge is 2.33. The van der Waals surface area contributed by atoms with E-state index >= 15 is 0 Å². The average molecular weight is 321 g/mol. The highest BCUT2D eigenvalue weighted by atomic mass is 15.2. The highest BCUT2D eigenvalue weighted by molar-refractivity contribution is 5.36. The molecule has 134 valence electrons. The number of piperidine rings is 1. The number of nitrogens with one attached hydrogen (secondary N) is 1. The third-order valence-electron chi connectivity index (χ3n) is 4.31. The fourth-order valence-electron chi connectivity index (χ4n) is 3.11. The second-order valence-electron chi connectivity index (χ2n) is 6.59. The number of allylic oxidation sites excluding steroid dienone is 5. The molecule has 0 bridgehead atoms. The van der Waals surface area contributed by atoms with Crippen LogP contribution in [-0.4, -0.2) is 36.1 Å². The van der Waals surface area contributed by atoms with E-state index in [1.165, 1.54) is 30.5 Å². The fraction of sp³-hybridized carbons (Fsp3) is 0.714. The lowest BCUT2D eigenvalue weighted by Crippen LogP contribution is -2.54. The van der Waals surface area contributed by atoms with E-state index in [1.54, 1.807) is 0 Å². The summed E-state index contributed by atoms with van der Waals surface area (Å²) in [4.78, 5) is 2.64. The molecule has 1 rings (SSSR count). The van der Waals surface area contributed by atoms with Crippen molar-refractivity contribution in [3.8, 4) is 0 Å². The number of hydrogen-bond donors (Lipinski definition) is 1. The summed E-state index contributed by atoms with van der Waals surface area (Å²) in [6.07, 6.45) is 11.3. The lowest BCUT2D eigenvalue weighted by atomic mass is 9.84. The highest BCUT2D eigenvalue weighted by Crippen LogP contribution is 2.27. The van der Waals surface area contributed by atoms with Crippen LogP contribution in [-0.2, 0) is 0 Å². The van der Waals surface area contributed by atoms with E-state index in [-0.39, 0.29) is 5.54 Å². The molecule has 0 aromatic rings. The molecule has 1 N–H and O–H groups in total. The summed E-state index contributed by atoms with van der Waals surface area (Å²) in [6.45, 7) is 20.7. The Labute approximate surface area is 145 Å². The zero-order chi connectivity index (χ0) is 17.9. The van der Waals surface area contributed by atoms with Crippen molar-refractivity contribution in [2.45, 2.75) is 79.8 Å². The lowest BCUT2D eigenvalue weighted by Gasteiger charge is -2.43. The molecule has 1 fully saturated rings. The Morgan fingerprint density at radius 1 is 1.26 bits per heavy atom. The van der Waals surface area contributed by atoms with Crippen LogP contribution in [0.3, 0.4) is 0 Å². The minimum absolute atomic E-state index is 0.222. The van der Waals surface area contributed by atoms with E-state index in [2.05, 4.69) is 76.1 Å². The lowest BCUT2D eigenvalue weighted by molar-refractivity contribution is 0.163. The molecule has 1 saturated heterocycles. The van der Waals surface area contributed by atoms with Crippen molar-refractivity contribution in [1.82, 2.24) is 10.2 Å². The van der Waals surface area contributed by atoms with Gasteiger partial charge in [-0.15, -0.1) is 0 Å². The van der Waals surface area contributed by atoms with Crippen LogP contribution in [0, 0.1) is 0 Å². The summed E-state index contributed by atoms with van der Waals surface area (Å²) in [5, 5.41) is 3.68. The van der Waals surface area contributed by atoms with Crippen LogP contribution in [0.5, 0.6) is 0 Å². The SMILES string of the molecule is CC.C\C=C/C(=C\C)/C=C1\CNC(C)(C)CC1N(CC)CCC. The molecule has 1 aliphatic rings. The second-order valence-corrected chi connectivity index (χ2v) is 6.59. The maximum absolute atomic E-state index is 3.68. The number of hydrogen-bond acceptors (Lipinski definition) is 2. The smallest absolute Gasteiger partial charge is 0.0340 e. The molecule has 1 aliphatic heterocycles. The molecular formula is C21H40N2. The van der Waals surface area contributed by atoms with Crippen molar-refractivity contribution in [2.75, 3.05) is 19.6 Å². The molecule has 0 aliphatic carbocycles. The van der Waals surface area contributed by atoms with Gasteiger partial charge in [0.25, 0.3) is 0 Å². The quantitative estimate of drug-likeness (QED) is 0.665. The number of nitrogens with zero attached hydrogens (tertiary/aromatic N) is 1. The molecule has 1 unspecified atom stereocenters. The molecular weight excluding hydrogens is 280 g/mol. The molecule has 1 atom stereocenters. The van der Waals surface area contributed by atoms with E-state index in [9.17, 15) is 0 Å². The van der Waals surface area contributed by atoms with Crippen molar-refractivity contribution in [3.05, 3.63) is 35.5 Å². The van der Waals surface area contributed by atoms with Gasteiger partial charge in [-0.05, 0) is 64.8 Å². The third-order valence-corrected chi connectivity index (χ3v) is 4.31. The van der Waals surface area contributed by atoms with Gasteiger partial charge >= 0.3 is 0 Å². The minimum atomic E-state index is 0.222. The first-order chi connectivity index (χ1) is 11.0. The van der Waals surface area contributed by atoms with Gasteiger partial charge in [-0.25, -0.2) is 0 Å². The van der Waals surface area contributed by atoms with Gasteiger partial charge in [0, 0.05) is 18.1 Å². The third kappa shape index (κ3) is 7.50. The first-order valence-corrected chi connectivity index (χ1v) is 9.46. The van der Waals surface area contributed by atoms with E-state index < -0.39 is 0 Å². The van der Waals surface area contributed by atoms with Gasteiger partial charge in [0.1, 0.15) is 0 Å². The summed E-state index contributed by atoms with van der Waals surface area (Å²) in [7, 11) is 0. The zero-order valence-electron chi connectivity index (χ0n) is 16.9. The molecule has 0 aromatic heterocycles. The van der Waals surface area contributed by atoms with Crippen LogP contribution in [0.25, 0.3) is 0 Å². The summed E-state index contributed by atoms with van der Waals surface area (Å²) in [6, 6.07) is 0.561. The Morgan fingerprint density at radius 3 is 2.39 bits per heavy atom. The number of rotatable bonds is 6. The van der Waals surface area contributed by atoms with Crippen LogP contribution >= 0.6 is 0 Å². The first-order valence-electron chi connectivity index (χ1n) is 9.46. The van der Waals surface area contributed by atoms with Crippen LogP contribution in [0.15, 0.2) is 35.5 Å². The van der Waals surface area contributed by atoms with E-state index in [0.29, 0.717) is 6.04 Å². The Hall–Kier alpha value is -0.860. The maximum atomic E-state index is 3.68. The van der Waals surface area contributed by atoms with Crippen molar-refractivity contribution in [2.24, 2.45) is 0 Å². The largest absolute Gasteiger partial charge is 0.308 e. The molecule has 0 amide bonds. The molecule has 2 heteroatoms. The van der Waals surface area contributed by atoms with E-state index in [4.69, 9.17) is 0 Å².